The number of nitrogens with zero attached hydrogens (tertiary/aromatic N) is 2. The van der Waals surface area contributed by atoms with E-state index in [0.717, 1.165) is 42.4 Å². The second-order valence-electron chi connectivity index (χ2n) is 7.96. The van der Waals surface area contributed by atoms with Crippen LogP contribution in [0.15, 0.2) is 24.3 Å². The summed E-state index contributed by atoms with van der Waals surface area (Å²) in [6.45, 7) is 7.88. The number of aryl methyl sites for hydroxylation is 1. The van der Waals surface area contributed by atoms with Gasteiger partial charge in [0, 0.05) is 31.1 Å². The third-order valence-corrected chi connectivity index (χ3v) is 6.02. The first-order chi connectivity index (χ1) is 12.1. The highest BCUT2D eigenvalue weighted by Crippen LogP contribution is 2.22. The Balaban J connectivity index is 1.44. The maximum Gasteiger partial charge on any atom is 0.222 e. The van der Waals surface area contributed by atoms with Crippen LogP contribution in [0.25, 0.3) is 0 Å². The maximum absolute atomic E-state index is 12.6. The molecule has 0 spiro atoms. The Labute approximate surface area is 157 Å². The molecule has 1 aromatic carbocycles. The number of amides is 1. The summed E-state index contributed by atoms with van der Waals surface area (Å²) < 4.78 is 0. The number of hydrogen-bond acceptors (Lipinski definition) is 2. The number of likely N-dealkylation sites (tertiary alicyclic amines) is 2. The van der Waals surface area contributed by atoms with E-state index >= 15 is 0 Å². The van der Waals surface area contributed by atoms with Crippen LogP contribution >= 0.6 is 11.6 Å². The van der Waals surface area contributed by atoms with Gasteiger partial charge in [-0.1, -0.05) is 30.7 Å². The standard InChI is InChI=1S/C21H31ClN2O/c1-17-9-12-23(13-10-17)15-19-5-3-11-24(16-19)21(25)8-7-18-4-2-6-20(22)14-18/h2,4,6,14,17,19H,3,5,7-13,15-16H2,1H3. The van der Waals surface area contributed by atoms with Gasteiger partial charge in [-0.3, -0.25) is 4.79 Å². The van der Waals surface area contributed by atoms with Crippen LogP contribution in [0, 0.1) is 11.8 Å². The summed E-state index contributed by atoms with van der Waals surface area (Å²) in [6, 6.07) is 7.85. The van der Waals surface area contributed by atoms with Crippen molar-refractivity contribution < 1.29 is 4.79 Å². The normalized spacial score (nSPS) is 23.0. The van der Waals surface area contributed by atoms with Crippen LogP contribution in [-0.4, -0.2) is 48.4 Å². The van der Waals surface area contributed by atoms with E-state index in [1.54, 1.807) is 0 Å². The summed E-state index contributed by atoms with van der Waals surface area (Å²) in [4.78, 5) is 17.3. The number of carbonyl (C=O) groups excluding carboxylic acids is 1. The van der Waals surface area contributed by atoms with Gasteiger partial charge in [0.2, 0.25) is 5.91 Å². The predicted molar refractivity (Wildman–Crippen MR) is 104 cm³/mol. The molecule has 0 bridgehead atoms. The van der Waals surface area contributed by atoms with Crippen LogP contribution in [-0.2, 0) is 11.2 Å². The topological polar surface area (TPSA) is 23.6 Å². The summed E-state index contributed by atoms with van der Waals surface area (Å²) in [6.07, 6.45) is 6.45. The van der Waals surface area contributed by atoms with E-state index in [2.05, 4.69) is 22.8 Å². The summed E-state index contributed by atoms with van der Waals surface area (Å²) >= 11 is 6.03. The Hall–Kier alpha value is -1.06. The minimum absolute atomic E-state index is 0.303. The summed E-state index contributed by atoms with van der Waals surface area (Å²) in [5.74, 6) is 1.83. The van der Waals surface area contributed by atoms with Crippen LogP contribution in [0.5, 0.6) is 0 Å². The van der Waals surface area contributed by atoms with Crippen molar-refractivity contribution in [3.05, 3.63) is 34.9 Å². The van der Waals surface area contributed by atoms with Gasteiger partial charge < -0.3 is 9.80 Å². The van der Waals surface area contributed by atoms with E-state index in [1.807, 2.05) is 18.2 Å². The number of carbonyl (C=O) groups is 1. The molecule has 25 heavy (non-hydrogen) atoms. The fourth-order valence-electron chi connectivity index (χ4n) is 4.15. The second-order valence-corrected chi connectivity index (χ2v) is 8.40. The maximum atomic E-state index is 12.6. The predicted octanol–water partition coefficient (Wildman–Crippen LogP) is 4.24. The third-order valence-electron chi connectivity index (χ3n) is 5.78. The largest absolute Gasteiger partial charge is 0.342 e. The molecule has 1 unspecified atom stereocenters. The molecule has 2 aliphatic heterocycles. The van der Waals surface area contributed by atoms with Crippen LogP contribution in [0.3, 0.4) is 0 Å². The molecule has 2 aliphatic rings. The van der Waals surface area contributed by atoms with Crippen LogP contribution in [0.4, 0.5) is 0 Å². The molecule has 0 aromatic heterocycles. The van der Waals surface area contributed by atoms with E-state index in [-0.39, 0.29) is 0 Å². The van der Waals surface area contributed by atoms with Gasteiger partial charge in [-0.05, 0) is 74.7 Å². The zero-order chi connectivity index (χ0) is 17.6. The Kier molecular flexibility index (Phi) is 6.77. The molecule has 1 aromatic rings. The van der Waals surface area contributed by atoms with Gasteiger partial charge in [-0.2, -0.15) is 0 Å². The molecule has 4 heteroatoms. The molecular formula is C21H31ClN2O. The summed E-state index contributed by atoms with van der Waals surface area (Å²) in [7, 11) is 0. The highest BCUT2D eigenvalue weighted by molar-refractivity contribution is 6.30. The van der Waals surface area contributed by atoms with Crippen LogP contribution in [0.2, 0.25) is 5.02 Å². The summed E-state index contributed by atoms with van der Waals surface area (Å²) in [5, 5.41) is 0.749. The third kappa shape index (κ3) is 5.72. The van der Waals surface area contributed by atoms with Gasteiger partial charge in [-0.15, -0.1) is 0 Å². The fourth-order valence-corrected chi connectivity index (χ4v) is 4.37. The average molecular weight is 363 g/mol. The van der Waals surface area contributed by atoms with Crippen LogP contribution < -0.4 is 0 Å². The number of hydrogen-bond donors (Lipinski definition) is 0. The lowest BCUT2D eigenvalue weighted by Gasteiger charge is -2.38. The van der Waals surface area contributed by atoms with Crippen molar-refractivity contribution in [1.82, 2.24) is 9.80 Å². The van der Waals surface area contributed by atoms with Crippen molar-refractivity contribution in [3.63, 3.8) is 0 Å². The Morgan fingerprint density at radius 3 is 2.76 bits per heavy atom. The first-order valence-electron chi connectivity index (χ1n) is 9.84. The lowest BCUT2D eigenvalue weighted by atomic mass is 9.94. The molecule has 0 aliphatic carbocycles. The van der Waals surface area contributed by atoms with Gasteiger partial charge >= 0.3 is 0 Å². The molecular weight excluding hydrogens is 332 g/mol. The number of halogens is 1. The van der Waals surface area contributed by atoms with E-state index in [0.29, 0.717) is 18.2 Å². The SMILES string of the molecule is CC1CCN(CC2CCCN(C(=O)CCc3cccc(Cl)c3)C2)CC1. The van der Waals surface area contributed by atoms with Crippen LogP contribution in [0.1, 0.15) is 44.6 Å². The quantitative estimate of drug-likeness (QED) is 0.782. The molecule has 1 amide bonds. The van der Waals surface area contributed by atoms with E-state index in [9.17, 15) is 4.79 Å². The second kappa shape index (κ2) is 9.05. The Morgan fingerprint density at radius 2 is 2.00 bits per heavy atom. The molecule has 0 radical (unpaired) electrons. The van der Waals surface area contributed by atoms with Crippen molar-refractivity contribution >= 4 is 17.5 Å². The van der Waals surface area contributed by atoms with E-state index in [1.165, 1.54) is 38.9 Å². The molecule has 1 atom stereocenters. The zero-order valence-electron chi connectivity index (χ0n) is 15.4. The molecule has 2 fully saturated rings. The first-order valence-corrected chi connectivity index (χ1v) is 10.2. The van der Waals surface area contributed by atoms with Crippen molar-refractivity contribution in [2.24, 2.45) is 11.8 Å². The van der Waals surface area contributed by atoms with E-state index < -0.39 is 0 Å². The summed E-state index contributed by atoms with van der Waals surface area (Å²) in [5.41, 5.74) is 1.15. The molecule has 3 nitrogen and oxygen atoms in total. The fraction of sp³-hybridized carbons (Fsp3) is 0.667. The minimum Gasteiger partial charge on any atom is -0.342 e. The molecule has 2 saturated heterocycles. The number of benzene rings is 1. The molecule has 0 N–H and O–H groups in total. The van der Waals surface area contributed by atoms with Crippen molar-refractivity contribution in [2.45, 2.75) is 45.4 Å². The average Bonchev–Trinajstić information content (AvgIpc) is 2.62. The lowest BCUT2D eigenvalue weighted by Crippen LogP contribution is -2.45. The van der Waals surface area contributed by atoms with Gasteiger partial charge in [0.15, 0.2) is 0 Å². The first kappa shape index (κ1) is 18.7. The van der Waals surface area contributed by atoms with Gasteiger partial charge in [0.05, 0.1) is 0 Å². The van der Waals surface area contributed by atoms with Crippen molar-refractivity contribution in [1.29, 1.82) is 0 Å². The van der Waals surface area contributed by atoms with Crippen molar-refractivity contribution in [2.75, 3.05) is 32.7 Å². The van der Waals surface area contributed by atoms with Gasteiger partial charge in [0.1, 0.15) is 0 Å². The Bertz CT molecular complexity index is 569. The monoisotopic (exact) mass is 362 g/mol. The molecule has 0 saturated carbocycles. The zero-order valence-corrected chi connectivity index (χ0v) is 16.2. The van der Waals surface area contributed by atoms with Gasteiger partial charge in [-0.25, -0.2) is 0 Å². The smallest absolute Gasteiger partial charge is 0.222 e. The van der Waals surface area contributed by atoms with Crippen molar-refractivity contribution in [3.8, 4) is 0 Å². The highest BCUT2D eigenvalue weighted by atomic mass is 35.5. The van der Waals surface area contributed by atoms with E-state index in [4.69, 9.17) is 11.6 Å². The minimum atomic E-state index is 0.303. The molecule has 2 heterocycles. The highest BCUT2D eigenvalue weighted by Gasteiger charge is 2.26. The van der Waals surface area contributed by atoms with Gasteiger partial charge in [0.25, 0.3) is 0 Å². The molecule has 138 valence electrons. The Morgan fingerprint density at radius 1 is 1.20 bits per heavy atom. The lowest BCUT2D eigenvalue weighted by molar-refractivity contribution is -0.133. The molecule has 3 rings (SSSR count). The number of piperidine rings is 2. The number of rotatable bonds is 5.